The van der Waals surface area contributed by atoms with E-state index in [-0.39, 0.29) is 51.7 Å². The summed E-state index contributed by atoms with van der Waals surface area (Å²) in [6.45, 7) is 0. The number of phenols is 1. The molecule has 3 N–H and O–H groups in total. The molecule has 0 radical (unpaired) electrons. The first-order valence-corrected chi connectivity index (χ1v) is 13.5. The quantitative estimate of drug-likeness (QED) is 0.325. The van der Waals surface area contributed by atoms with Crippen LogP contribution in [0.4, 0.5) is 5.69 Å². The highest BCUT2D eigenvalue weighted by molar-refractivity contribution is 9.11. The summed E-state index contributed by atoms with van der Waals surface area (Å²) in [6.07, 6.45) is 1.72. The minimum Gasteiger partial charge on any atom is -0.510 e. The number of aliphatic hydroxyl groups excluding tert-OH is 2. The molecule has 40 heavy (non-hydrogen) atoms. The van der Waals surface area contributed by atoms with Gasteiger partial charge in [-0.25, -0.2) is 0 Å². The Morgan fingerprint density at radius 3 is 1.98 bits per heavy atom. The molecule has 12 heteroatoms. The highest BCUT2D eigenvalue weighted by Crippen LogP contribution is 2.57. The second-order valence-electron chi connectivity index (χ2n) is 10.2. The SMILES string of the molecule is CN(C)c1c(Br)c(=O)c2c(=O)c3c(c(=O)c=2c1=O)=C(O)C1(CCc2c(Br)c4c(c(O)c21)C(=O)CC(C=O)=C4)C=3O. The first kappa shape index (κ1) is 26.3. The van der Waals surface area contributed by atoms with Gasteiger partial charge in [0, 0.05) is 41.7 Å². The highest BCUT2D eigenvalue weighted by atomic mass is 79.9. The van der Waals surface area contributed by atoms with Crippen molar-refractivity contribution in [2.45, 2.75) is 24.7 Å². The summed E-state index contributed by atoms with van der Waals surface area (Å²) >= 11 is 6.49. The first-order valence-electron chi connectivity index (χ1n) is 12.0. The average molecular weight is 671 g/mol. The molecule has 0 fully saturated rings. The van der Waals surface area contributed by atoms with Crippen molar-refractivity contribution in [3.8, 4) is 5.75 Å². The number of aliphatic hydroxyl groups is 2. The Balaban J connectivity index is 1.83. The molecular weight excluding hydrogens is 654 g/mol. The second-order valence-corrected chi connectivity index (χ2v) is 11.8. The summed E-state index contributed by atoms with van der Waals surface area (Å²) in [5, 5.41) is 31.9. The molecule has 0 aromatic heterocycles. The van der Waals surface area contributed by atoms with Crippen LogP contribution in [0.25, 0.3) is 17.6 Å². The predicted molar refractivity (Wildman–Crippen MR) is 151 cm³/mol. The van der Waals surface area contributed by atoms with Crippen LogP contribution in [-0.2, 0) is 16.6 Å². The van der Waals surface area contributed by atoms with Crippen LogP contribution in [0.2, 0.25) is 0 Å². The van der Waals surface area contributed by atoms with Gasteiger partial charge in [0.2, 0.25) is 21.7 Å². The average Bonchev–Trinajstić information content (AvgIpc) is 3.41. The van der Waals surface area contributed by atoms with E-state index in [1.807, 2.05) is 0 Å². The van der Waals surface area contributed by atoms with E-state index in [4.69, 9.17) is 0 Å². The van der Waals surface area contributed by atoms with Gasteiger partial charge in [0.1, 0.15) is 34.7 Å². The standard InChI is InChI=1S/C28H17Br2NO9/c1-31(2)20-19(30)24(37)13-14(25(20)38)22(35)16-15(21(13)34)26(39)28(27(16)40)4-3-9-17(28)23(36)12-10(18(9)29)5-8(7-32)6-11(12)33/h5,7,36,39-40H,3-4,6H2,1-2H3. The van der Waals surface area contributed by atoms with Crippen LogP contribution in [0.15, 0.2) is 33.7 Å². The number of allylic oxidation sites excluding steroid dienone is 1. The summed E-state index contributed by atoms with van der Waals surface area (Å²) < 4.78 is 0.113. The number of benzene rings is 1. The van der Waals surface area contributed by atoms with E-state index < -0.39 is 71.1 Å². The topological polar surface area (TPSA) is 166 Å². The molecule has 0 aliphatic heterocycles. The van der Waals surface area contributed by atoms with E-state index in [0.717, 1.165) is 0 Å². The maximum atomic E-state index is 13.8. The van der Waals surface area contributed by atoms with Crippen LogP contribution >= 0.6 is 31.9 Å². The molecule has 1 aromatic rings. The lowest BCUT2D eigenvalue weighted by molar-refractivity contribution is -0.104. The molecule has 1 spiro atoms. The third kappa shape index (κ3) is 2.87. The zero-order chi connectivity index (χ0) is 29.2. The molecule has 1 aromatic carbocycles. The van der Waals surface area contributed by atoms with Crippen molar-refractivity contribution in [2.24, 2.45) is 0 Å². The van der Waals surface area contributed by atoms with E-state index in [2.05, 4.69) is 31.9 Å². The number of anilines is 1. The number of hydrogen-bond donors (Lipinski definition) is 3. The molecule has 202 valence electrons. The van der Waals surface area contributed by atoms with E-state index in [0.29, 0.717) is 16.3 Å². The fourth-order valence-corrected chi connectivity index (χ4v) is 7.79. The normalized spacial score (nSPS) is 19.2. The minimum absolute atomic E-state index is 0.0802. The zero-order valence-electron chi connectivity index (χ0n) is 20.8. The molecule has 5 aliphatic carbocycles. The molecule has 1 atom stereocenters. The third-order valence-electron chi connectivity index (χ3n) is 8.06. The van der Waals surface area contributed by atoms with E-state index in [1.54, 1.807) is 0 Å². The van der Waals surface area contributed by atoms with Crippen molar-refractivity contribution < 1.29 is 24.9 Å². The van der Waals surface area contributed by atoms with Gasteiger partial charge in [-0.1, -0.05) is 0 Å². The number of aromatic hydroxyl groups is 1. The van der Waals surface area contributed by atoms with Gasteiger partial charge >= 0.3 is 0 Å². The third-order valence-corrected chi connectivity index (χ3v) is 9.70. The lowest BCUT2D eigenvalue weighted by Gasteiger charge is -2.29. The first-order chi connectivity index (χ1) is 18.8. The van der Waals surface area contributed by atoms with Gasteiger partial charge in [0.05, 0.1) is 30.9 Å². The predicted octanol–water partition coefficient (Wildman–Crippen LogP) is 0.423. The monoisotopic (exact) mass is 669 g/mol. The van der Waals surface area contributed by atoms with Crippen molar-refractivity contribution in [1.29, 1.82) is 0 Å². The van der Waals surface area contributed by atoms with Gasteiger partial charge in [0.25, 0.3) is 0 Å². The van der Waals surface area contributed by atoms with E-state index in [9.17, 15) is 44.1 Å². The number of fused-ring (bicyclic) bond motifs is 4. The molecule has 0 amide bonds. The van der Waals surface area contributed by atoms with Crippen molar-refractivity contribution in [3.63, 3.8) is 0 Å². The molecule has 1 unspecified atom stereocenters. The van der Waals surface area contributed by atoms with Crippen LogP contribution in [-0.4, -0.2) is 41.5 Å². The number of aldehydes is 1. The number of ketones is 1. The Morgan fingerprint density at radius 1 is 0.850 bits per heavy atom. The fourth-order valence-electron chi connectivity index (χ4n) is 6.35. The van der Waals surface area contributed by atoms with E-state index >= 15 is 0 Å². The number of nitrogens with zero attached hydrogens (tertiary/aromatic N) is 1. The molecule has 0 bridgehead atoms. The van der Waals surface area contributed by atoms with Gasteiger partial charge in [-0.15, -0.1) is 0 Å². The Kier molecular flexibility index (Phi) is 5.47. The largest absolute Gasteiger partial charge is 0.510 e. The zero-order valence-corrected chi connectivity index (χ0v) is 23.9. The van der Waals surface area contributed by atoms with Crippen molar-refractivity contribution in [2.75, 3.05) is 19.0 Å². The summed E-state index contributed by atoms with van der Waals surface area (Å²) in [6, 6.07) is 0. The van der Waals surface area contributed by atoms with Gasteiger partial charge in [-0.05, 0) is 56.3 Å². The maximum Gasteiger partial charge on any atom is 0.215 e. The fraction of sp³-hybridized carbons (Fsp3) is 0.214. The van der Waals surface area contributed by atoms with Crippen LogP contribution in [0.1, 0.15) is 39.9 Å². The molecule has 0 heterocycles. The lowest BCUT2D eigenvalue weighted by Crippen LogP contribution is -2.52. The summed E-state index contributed by atoms with van der Waals surface area (Å²) in [4.78, 5) is 79.7. The molecular formula is C28H17Br2NO9. The van der Waals surface area contributed by atoms with Crippen LogP contribution in [0.5, 0.6) is 5.75 Å². The van der Waals surface area contributed by atoms with Crippen LogP contribution in [0, 0.1) is 10.4 Å². The van der Waals surface area contributed by atoms with Gasteiger partial charge in [-0.3, -0.25) is 28.8 Å². The van der Waals surface area contributed by atoms with Crippen molar-refractivity contribution in [1.82, 2.24) is 0 Å². The summed E-state index contributed by atoms with van der Waals surface area (Å²) in [5.74, 6) is -2.68. The smallest absolute Gasteiger partial charge is 0.215 e. The van der Waals surface area contributed by atoms with E-state index in [1.165, 1.54) is 25.1 Å². The van der Waals surface area contributed by atoms with Crippen molar-refractivity contribution >= 4 is 67.2 Å². The Hall–Kier alpha value is -3.90. The van der Waals surface area contributed by atoms with Gasteiger partial charge in [-0.2, -0.15) is 0 Å². The maximum absolute atomic E-state index is 13.8. The highest BCUT2D eigenvalue weighted by Gasteiger charge is 2.54. The van der Waals surface area contributed by atoms with Crippen LogP contribution < -0.4 is 37.1 Å². The molecule has 0 saturated carbocycles. The molecule has 6 rings (SSSR count). The number of rotatable bonds is 2. The Morgan fingerprint density at radius 2 is 1.43 bits per heavy atom. The molecule has 0 saturated heterocycles. The van der Waals surface area contributed by atoms with Gasteiger partial charge < -0.3 is 20.2 Å². The number of carbonyl (C=O) groups is 2. The number of Topliss-reactive ketones (excluding diaryl/α,β-unsaturated/α-hetero) is 1. The number of carbonyl (C=O) groups excluding carboxylic acids is 2. The lowest BCUT2D eigenvalue weighted by atomic mass is 9.76. The molecule has 10 nitrogen and oxygen atoms in total. The number of phenolic OH excluding ortho intramolecular Hbond substituents is 1. The number of hydrogen-bond acceptors (Lipinski definition) is 10. The van der Waals surface area contributed by atoms with Gasteiger partial charge in [0.15, 0.2) is 5.78 Å². The Bertz CT molecular complexity index is 2250. The summed E-state index contributed by atoms with van der Waals surface area (Å²) in [7, 11) is 2.96. The minimum atomic E-state index is -1.99. The van der Waals surface area contributed by atoms with Crippen LogP contribution in [0.3, 0.4) is 0 Å². The van der Waals surface area contributed by atoms with Crippen molar-refractivity contribution in [3.05, 3.63) is 98.5 Å². The molecule has 5 aliphatic rings. The summed E-state index contributed by atoms with van der Waals surface area (Å²) in [5.41, 5.74) is -5.58. The Labute approximate surface area is 239 Å². The number of halogens is 2. The second kappa shape index (κ2) is 8.31.